The molecule has 0 bridgehead atoms. The summed E-state index contributed by atoms with van der Waals surface area (Å²) in [6.45, 7) is 0.702. The molecule has 144 valence electrons. The van der Waals surface area contributed by atoms with Crippen LogP contribution in [-0.2, 0) is 0 Å². The third-order valence-corrected chi connectivity index (χ3v) is 5.35. The Morgan fingerprint density at radius 1 is 1.21 bits per heavy atom. The summed E-state index contributed by atoms with van der Waals surface area (Å²) in [6.07, 6.45) is 5.90. The van der Waals surface area contributed by atoms with Crippen LogP contribution in [0.5, 0.6) is 0 Å². The number of benzene rings is 1. The zero-order valence-electron chi connectivity index (χ0n) is 14.5. The number of halogens is 2. The van der Waals surface area contributed by atoms with E-state index in [9.17, 15) is 19.1 Å². The average Bonchev–Trinajstić information content (AvgIpc) is 3.32. The van der Waals surface area contributed by atoms with E-state index in [1.807, 2.05) is 0 Å². The Hall–Kier alpha value is -3.30. The molecule has 2 fully saturated rings. The van der Waals surface area contributed by atoms with E-state index in [2.05, 4.69) is 10.3 Å². The van der Waals surface area contributed by atoms with Gasteiger partial charge in [0.05, 0.1) is 23.1 Å². The van der Waals surface area contributed by atoms with Crippen molar-refractivity contribution >= 4 is 22.6 Å². The maximum absolute atomic E-state index is 15.4. The smallest absolute Gasteiger partial charge is 0.341 e. The monoisotopic (exact) mass is 387 g/mol. The predicted molar refractivity (Wildman–Crippen MR) is 94.6 cm³/mol. The molecule has 10 heteroatoms. The normalized spacial score (nSPS) is 17.1. The number of anilines is 1. The summed E-state index contributed by atoms with van der Waals surface area (Å²) >= 11 is 0. The van der Waals surface area contributed by atoms with Gasteiger partial charge in [-0.05, 0) is 18.9 Å². The van der Waals surface area contributed by atoms with E-state index >= 15 is 4.39 Å². The van der Waals surface area contributed by atoms with Crippen LogP contribution in [0.25, 0.3) is 10.9 Å². The number of aromatic nitrogens is 4. The van der Waals surface area contributed by atoms with Gasteiger partial charge in [-0.1, -0.05) is 5.21 Å². The summed E-state index contributed by atoms with van der Waals surface area (Å²) in [5.74, 6) is -3.14. The van der Waals surface area contributed by atoms with Crippen LogP contribution in [0.4, 0.5) is 14.5 Å². The van der Waals surface area contributed by atoms with Gasteiger partial charge in [0.25, 0.3) is 0 Å². The van der Waals surface area contributed by atoms with Crippen LogP contribution in [0.3, 0.4) is 0 Å². The van der Waals surface area contributed by atoms with Crippen molar-refractivity contribution < 1.29 is 18.7 Å². The number of carbonyl (C=O) groups is 1. The summed E-state index contributed by atoms with van der Waals surface area (Å²) in [6, 6.07) is 0.815. The molecule has 0 spiro atoms. The molecule has 0 atom stereocenters. The number of fused-ring (bicyclic) bond motifs is 1. The van der Waals surface area contributed by atoms with Crippen molar-refractivity contribution in [2.24, 2.45) is 0 Å². The second kappa shape index (κ2) is 5.85. The van der Waals surface area contributed by atoms with Crippen molar-refractivity contribution in [1.82, 2.24) is 19.6 Å². The molecular weight excluding hydrogens is 372 g/mol. The summed E-state index contributed by atoms with van der Waals surface area (Å²) in [7, 11) is 0. The zero-order chi connectivity index (χ0) is 19.6. The molecule has 1 saturated carbocycles. The van der Waals surface area contributed by atoms with Crippen molar-refractivity contribution in [2.75, 3.05) is 18.0 Å². The first-order chi connectivity index (χ1) is 13.5. The lowest BCUT2D eigenvalue weighted by molar-refractivity contribution is 0.0695. The van der Waals surface area contributed by atoms with Gasteiger partial charge in [-0.2, -0.15) is 0 Å². The Balaban J connectivity index is 1.64. The van der Waals surface area contributed by atoms with E-state index in [1.54, 1.807) is 15.8 Å². The van der Waals surface area contributed by atoms with Gasteiger partial charge >= 0.3 is 5.97 Å². The van der Waals surface area contributed by atoms with Crippen molar-refractivity contribution in [3.05, 3.63) is 52.1 Å². The zero-order valence-corrected chi connectivity index (χ0v) is 14.5. The molecule has 1 N–H and O–H groups in total. The third kappa shape index (κ3) is 2.40. The Kier molecular flexibility index (Phi) is 3.52. The highest BCUT2D eigenvalue weighted by molar-refractivity contribution is 5.94. The number of rotatable bonds is 4. The van der Waals surface area contributed by atoms with Gasteiger partial charge in [-0.3, -0.25) is 4.79 Å². The van der Waals surface area contributed by atoms with Gasteiger partial charge in [-0.15, -0.1) is 5.10 Å². The molecule has 5 rings (SSSR count). The SMILES string of the molecule is O=C(O)c1cn(C2CC2)c2c(F)c(N3CC(n4ccnn4)C3)c(F)cc2c1=O. The fraction of sp³-hybridized carbons (Fsp3) is 0.333. The van der Waals surface area contributed by atoms with Crippen molar-refractivity contribution in [2.45, 2.75) is 24.9 Å². The molecular formula is C18H15F2N5O3. The maximum Gasteiger partial charge on any atom is 0.341 e. The van der Waals surface area contributed by atoms with Crippen LogP contribution in [0.2, 0.25) is 0 Å². The van der Waals surface area contributed by atoms with Crippen molar-refractivity contribution in [3.8, 4) is 0 Å². The molecule has 1 saturated heterocycles. The van der Waals surface area contributed by atoms with E-state index in [1.165, 1.54) is 17.0 Å². The van der Waals surface area contributed by atoms with Crippen LogP contribution in [0.1, 0.15) is 35.3 Å². The first-order valence-corrected chi connectivity index (χ1v) is 8.86. The van der Waals surface area contributed by atoms with E-state index in [0.717, 1.165) is 18.9 Å². The highest BCUT2D eigenvalue weighted by Crippen LogP contribution is 2.40. The van der Waals surface area contributed by atoms with Gasteiger partial charge in [-0.25, -0.2) is 18.3 Å². The Bertz CT molecular complexity index is 1160. The number of hydrogen-bond acceptors (Lipinski definition) is 5. The lowest BCUT2D eigenvalue weighted by atomic mass is 10.0. The second-order valence-corrected chi connectivity index (χ2v) is 7.17. The van der Waals surface area contributed by atoms with Gasteiger partial charge < -0.3 is 14.6 Å². The standard InChI is InChI=1S/C18H15F2N5O3/c19-13-5-11-15(24(9-1-2-9)8-12(17(11)26)18(27)28)14(20)16(13)23-6-10(7-23)25-4-3-21-22-25/h3-5,8-10H,1-2,6-7H2,(H,27,28). The van der Waals surface area contributed by atoms with Gasteiger partial charge in [0.1, 0.15) is 17.1 Å². The van der Waals surface area contributed by atoms with Crippen LogP contribution in [0, 0.1) is 11.6 Å². The fourth-order valence-electron chi connectivity index (χ4n) is 3.73. The van der Waals surface area contributed by atoms with Crippen LogP contribution in [-0.4, -0.2) is 43.7 Å². The molecule has 0 radical (unpaired) electrons. The number of carboxylic acid groups (broad SMARTS) is 1. The Morgan fingerprint density at radius 2 is 1.96 bits per heavy atom. The molecule has 0 amide bonds. The average molecular weight is 387 g/mol. The van der Waals surface area contributed by atoms with Gasteiger partial charge in [0, 0.05) is 31.5 Å². The van der Waals surface area contributed by atoms with E-state index in [0.29, 0.717) is 13.1 Å². The topological polar surface area (TPSA) is 93.2 Å². The molecule has 1 aromatic carbocycles. The van der Waals surface area contributed by atoms with E-state index in [-0.39, 0.29) is 28.7 Å². The molecule has 0 unspecified atom stereocenters. The predicted octanol–water partition coefficient (Wildman–Crippen LogP) is 1.97. The first kappa shape index (κ1) is 16.8. The highest BCUT2D eigenvalue weighted by Gasteiger charge is 2.35. The summed E-state index contributed by atoms with van der Waals surface area (Å²) in [5, 5.41) is 16.7. The Labute approximate surface area is 156 Å². The van der Waals surface area contributed by atoms with Gasteiger partial charge in [0.2, 0.25) is 5.43 Å². The van der Waals surface area contributed by atoms with E-state index < -0.39 is 28.6 Å². The van der Waals surface area contributed by atoms with Crippen molar-refractivity contribution in [3.63, 3.8) is 0 Å². The second-order valence-electron chi connectivity index (χ2n) is 7.17. The largest absolute Gasteiger partial charge is 0.477 e. The van der Waals surface area contributed by atoms with Crippen LogP contribution < -0.4 is 10.3 Å². The molecule has 1 aliphatic heterocycles. The molecule has 28 heavy (non-hydrogen) atoms. The quantitative estimate of drug-likeness (QED) is 0.736. The first-order valence-electron chi connectivity index (χ1n) is 8.86. The molecule has 3 heterocycles. The number of pyridine rings is 1. The lowest BCUT2D eigenvalue weighted by Crippen LogP contribution is -2.49. The molecule has 2 aromatic heterocycles. The summed E-state index contributed by atoms with van der Waals surface area (Å²) in [5.41, 5.74) is -1.62. The summed E-state index contributed by atoms with van der Waals surface area (Å²) in [4.78, 5) is 25.4. The molecule has 3 aromatic rings. The molecule has 1 aliphatic carbocycles. The summed E-state index contributed by atoms with van der Waals surface area (Å²) < 4.78 is 33.3. The lowest BCUT2D eigenvalue weighted by Gasteiger charge is -2.41. The highest BCUT2D eigenvalue weighted by atomic mass is 19.1. The minimum atomic E-state index is -1.41. The number of aromatic carboxylic acids is 1. The number of hydrogen-bond donors (Lipinski definition) is 1. The maximum atomic E-state index is 15.4. The molecule has 8 nitrogen and oxygen atoms in total. The van der Waals surface area contributed by atoms with E-state index in [4.69, 9.17) is 0 Å². The van der Waals surface area contributed by atoms with Gasteiger partial charge in [0.15, 0.2) is 5.82 Å². The fourth-order valence-corrected chi connectivity index (χ4v) is 3.73. The molecule has 2 aliphatic rings. The minimum absolute atomic E-state index is 0.0434. The number of carboxylic acids is 1. The Morgan fingerprint density at radius 3 is 2.57 bits per heavy atom. The minimum Gasteiger partial charge on any atom is -0.477 e. The third-order valence-electron chi connectivity index (χ3n) is 5.35. The van der Waals surface area contributed by atoms with Crippen LogP contribution >= 0.6 is 0 Å². The van der Waals surface area contributed by atoms with Crippen LogP contribution in [0.15, 0.2) is 29.5 Å². The number of nitrogens with zero attached hydrogens (tertiary/aromatic N) is 5. The van der Waals surface area contributed by atoms with Crippen molar-refractivity contribution in [1.29, 1.82) is 0 Å².